The van der Waals surface area contributed by atoms with E-state index >= 15 is 0 Å². The highest BCUT2D eigenvalue weighted by molar-refractivity contribution is 5.84. The lowest BCUT2D eigenvalue weighted by Gasteiger charge is -1.98. The molecule has 0 saturated carbocycles. The Balaban J connectivity index is 2.45. The Kier molecular flexibility index (Phi) is 2.40. The van der Waals surface area contributed by atoms with E-state index in [-0.39, 0.29) is 17.2 Å². The van der Waals surface area contributed by atoms with E-state index in [0.717, 1.165) is 4.80 Å². The number of aromatic carboxylic acids is 1. The summed E-state index contributed by atoms with van der Waals surface area (Å²) in [6.45, 7) is 1.51. The molecule has 0 N–H and O–H groups in total. The highest BCUT2D eigenvalue weighted by Gasteiger charge is 2.08. The van der Waals surface area contributed by atoms with Crippen LogP contribution < -0.4 is 5.11 Å². The van der Waals surface area contributed by atoms with Crippen molar-refractivity contribution in [3.8, 4) is 5.69 Å². The van der Waals surface area contributed by atoms with Crippen molar-refractivity contribution in [1.82, 2.24) is 15.0 Å². The molecule has 0 aliphatic carbocycles. The first-order chi connectivity index (χ1) is 7.58. The predicted octanol–water partition coefficient (Wildman–Crippen LogP) is 0.0783. The first-order valence-electron chi connectivity index (χ1n) is 4.49. The van der Waals surface area contributed by atoms with Crippen molar-refractivity contribution < 1.29 is 14.3 Å². The highest BCUT2D eigenvalue weighted by Crippen LogP contribution is 2.08. The molecular weight excluding hydrogens is 213 g/mol. The normalized spacial score (nSPS) is 10.4. The number of carbonyl (C=O) groups excluding carboxylic acids is 1. The summed E-state index contributed by atoms with van der Waals surface area (Å²) in [6, 6.07) is 5.39. The van der Waals surface area contributed by atoms with E-state index in [0.29, 0.717) is 5.69 Å². The van der Waals surface area contributed by atoms with Crippen LogP contribution >= 0.6 is 0 Å². The largest absolute Gasteiger partial charge is 0.543 e. The van der Waals surface area contributed by atoms with Gasteiger partial charge in [0.2, 0.25) is 0 Å². The lowest BCUT2D eigenvalue weighted by atomic mass is 10.3. The van der Waals surface area contributed by atoms with Gasteiger partial charge in [0.1, 0.15) is 11.5 Å². The van der Waals surface area contributed by atoms with Gasteiger partial charge >= 0.3 is 0 Å². The van der Waals surface area contributed by atoms with Gasteiger partial charge in [-0.25, -0.2) is 4.39 Å². The molecule has 0 atom stereocenters. The molecule has 0 aliphatic heterocycles. The molecule has 1 aromatic heterocycles. The van der Waals surface area contributed by atoms with Crippen LogP contribution in [0.4, 0.5) is 4.39 Å². The number of benzene rings is 1. The van der Waals surface area contributed by atoms with E-state index in [1.165, 1.54) is 31.2 Å². The smallest absolute Gasteiger partial charge is 0.131 e. The van der Waals surface area contributed by atoms with Crippen molar-refractivity contribution in [2.45, 2.75) is 6.92 Å². The van der Waals surface area contributed by atoms with Gasteiger partial charge in [0.25, 0.3) is 0 Å². The average Bonchev–Trinajstić information content (AvgIpc) is 2.61. The molecule has 0 spiro atoms. The van der Waals surface area contributed by atoms with Gasteiger partial charge in [-0.15, -0.1) is 5.10 Å². The molecule has 0 aliphatic rings. The molecule has 1 aromatic carbocycles. The molecule has 0 radical (unpaired) electrons. The summed E-state index contributed by atoms with van der Waals surface area (Å²) in [4.78, 5) is 11.8. The summed E-state index contributed by atoms with van der Waals surface area (Å²) in [5.41, 5.74) is 0.519. The number of carboxylic acid groups (broad SMARTS) is 1. The van der Waals surface area contributed by atoms with Gasteiger partial charge in [-0.3, -0.25) is 0 Å². The van der Waals surface area contributed by atoms with Crippen molar-refractivity contribution in [2.75, 3.05) is 0 Å². The Morgan fingerprint density at radius 3 is 2.44 bits per heavy atom. The van der Waals surface area contributed by atoms with E-state index < -0.39 is 5.97 Å². The number of halogens is 1. The molecule has 2 rings (SSSR count). The van der Waals surface area contributed by atoms with Crippen molar-refractivity contribution in [3.05, 3.63) is 41.5 Å². The molecule has 0 amide bonds. The summed E-state index contributed by atoms with van der Waals surface area (Å²) in [5.74, 6) is -1.77. The van der Waals surface area contributed by atoms with Gasteiger partial charge in [-0.1, -0.05) is 0 Å². The Hall–Kier alpha value is -2.24. The Morgan fingerprint density at radius 2 is 1.94 bits per heavy atom. The van der Waals surface area contributed by atoms with Crippen LogP contribution in [0.2, 0.25) is 0 Å². The maximum atomic E-state index is 12.7. The highest BCUT2D eigenvalue weighted by atomic mass is 19.1. The molecular formula is C10H7FN3O2-. The Morgan fingerprint density at radius 1 is 1.31 bits per heavy atom. The fourth-order valence-corrected chi connectivity index (χ4v) is 1.26. The minimum absolute atomic E-state index is 0.218. The summed E-state index contributed by atoms with van der Waals surface area (Å²) < 4.78 is 12.7. The van der Waals surface area contributed by atoms with Crippen LogP contribution in [0.5, 0.6) is 0 Å². The lowest BCUT2D eigenvalue weighted by Crippen LogP contribution is -2.23. The van der Waals surface area contributed by atoms with Gasteiger partial charge < -0.3 is 9.90 Å². The number of hydrogen-bond acceptors (Lipinski definition) is 4. The standard InChI is InChI=1S/C10H8FN3O2/c1-6-9(10(15)16)13-14(12-6)8-4-2-7(11)3-5-8/h2-5H,1H3,(H,15,16)/p-1. The second-order valence-corrected chi connectivity index (χ2v) is 3.19. The van der Waals surface area contributed by atoms with Crippen LogP contribution in [0.3, 0.4) is 0 Å². The zero-order valence-corrected chi connectivity index (χ0v) is 8.35. The Bertz CT molecular complexity index is 533. The SMILES string of the molecule is Cc1nn(-c2ccc(F)cc2)nc1C(=O)[O-]. The summed E-state index contributed by atoms with van der Waals surface area (Å²) in [5, 5.41) is 18.3. The van der Waals surface area contributed by atoms with Crippen molar-refractivity contribution in [1.29, 1.82) is 0 Å². The van der Waals surface area contributed by atoms with Gasteiger partial charge in [0.05, 0.1) is 17.4 Å². The van der Waals surface area contributed by atoms with Gasteiger partial charge in [-0.05, 0) is 31.2 Å². The van der Waals surface area contributed by atoms with E-state index in [1.807, 2.05) is 0 Å². The van der Waals surface area contributed by atoms with Crippen molar-refractivity contribution in [3.63, 3.8) is 0 Å². The number of aromatic nitrogens is 3. The van der Waals surface area contributed by atoms with Gasteiger partial charge in [-0.2, -0.15) is 9.90 Å². The van der Waals surface area contributed by atoms with Crippen LogP contribution in [0.1, 0.15) is 16.2 Å². The fraction of sp³-hybridized carbons (Fsp3) is 0.100. The third kappa shape index (κ3) is 1.77. The molecule has 82 valence electrons. The molecule has 0 saturated heterocycles. The summed E-state index contributed by atoms with van der Waals surface area (Å²) in [7, 11) is 0. The lowest BCUT2D eigenvalue weighted by molar-refractivity contribution is -0.255. The number of carbonyl (C=O) groups is 1. The average molecular weight is 220 g/mol. The van der Waals surface area contributed by atoms with Crippen LogP contribution in [0.15, 0.2) is 24.3 Å². The molecule has 0 unspecified atom stereocenters. The molecule has 6 heteroatoms. The summed E-state index contributed by atoms with van der Waals surface area (Å²) in [6.07, 6.45) is 0. The van der Waals surface area contributed by atoms with Gasteiger partial charge in [0, 0.05) is 0 Å². The van der Waals surface area contributed by atoms with E-state index in [4.69, 9.17) is 0 Å². The molecule has 0 bridgehead atoms. The quantitative estimate of drug-likeness (QED) is 0.718. The first kappa shape index (κ1) is 10.3. The fourth-order valence-electron chi connectivity index (χ4n) is 1.26. The zero-order valence-electron chi connectivity index (χ0n) is 8.35. The molecule has 0 fully saturated rings. The molecule has 2 aromatic rings. The summed E-state index contributed by atoms with van der Waals surface area (Å²) >= 11 is 0. The van der Waals surface area contributed by atoms with E-state index in [2.05, 4.69) is 10.2 Å². The number of hydrogen-bond donors (Lipinski definition) is 0. The third-order valence-electron chi connectivity index (χ3n) is 2.03. The minimum atomic E-state index is -1.38. The molecule has 5 nitrogen and oxygen atoms in total. The minimum Gasteiger partial charge on any atom is -0.543 e. The second-order valence-electron chi connectivity index (χ2n) is 3.19. The number of rotatable bonds is 2. The number of carboxylic acids is 1. The predicted molar refractivity (Wildman–Crippen MR) is 50.4 cm³/mol. The number of nitrogens with zero attached hydrogens (tertiary/aromatic N) is 3. The van der Waals surface area contributed by atoms with E-state index in [9.17, 15) is 14.3 Å². The Labute approximate surface area is 90.1 Å². The topological polar surface area (TPSA) is 70.8 Å². The first-order valence-corrected chi connectivity index (χ1v) is 4.49. The van der Waals surface area contributed by atoms with Crippen LogP contribution in [-0.2, 0) is 0 Å². The van der Waals surface area contributed by atoms with Crippen molar-refractivity contribution >= 4 is 5.97 Å². The van der Waals surface area contributed by atoms with Gasteiger partial charge in [0.15, 0.2) is 0 Å². The third-order valence-corrected chi connectivity index (χ3v) is 2.03. The van der Waals surface area contributed by atoms with Crippen LogP contribution in [0.25, 0.3) is 5.69 Å². The monoisotopic (exact) mass is 220 g/mol. The maximum Gasteiger partial charge on any atom is 0.131 e. The van der Waals surface area contributed by atoms with Crippen molar-refractivity contribution in [2.24, 2.45) is 0 Å². The zero-order chi connectivity index (χ0) is 11.7. The van der Waals surface area contributed by atoms with Crippen LogP contribution in [-0.4, -0.2) is 21.0 Å². The molecule has 1 heterocycles. The number of aryl methyl sites for hydroxylation is 1. The van der Waals surface area contributed by atoms with E-state index in [1.54, 1.807) is 0 Å². The maximum absolute atomic E-state index is 12.7. The van der Waals surface area contributed by atoms with Crippen LogP contribution in [0, 0.1) is 12.7 Å². The second kappa shape index (κ2) is 3.73. The molecule has 16 heavy (non-hydrogen) atoms.